The molecule has 0 bridgehead atoms. The molecule has 2 rings (SSSR count). The van der Waals surface area contributed by atoms with Gasteiger partial charge in [-0.05, 0) is 41.4 Å². The molecule has 6 heteroatoms. The lowest BCUT2D eigenvalue weighted by molar-refractivity contribution is -0.383. The molecule has 0 saturated heterocycles. The van der Waals surface area contributed by atoms with Gasteiger partial charge in [0, 0.05) is 6.04 Å². The highest BCUT2D eigenvalue weighted by molar-refractivity contribution is 7.08. The number of halogens is 1. The monoisotopic (exact) mass is 282 g/mol. The van der Waals surface area contributed by atoms with Crippen LogP contribution in [0.3, 0.4) is 0 Å². The van der Waals surface area contributed by atoms with Crippen molar-refractivity contribution in [3.05, 3.63) is 55.7 Å². The van der Waals surface area contributed by atoms with Crippen molar-refractivity contribution in [1.82, 2.24) is 0 Å². The maximum absolute atomic E-state index is 11.0. The second kappa shape index (κ2) is 5.37. The van der Waals surface area contributed by atoms with Crippen LogP contribution in [0.5, 0.6) is 0 Å². The van der Waals surface area contributed by atoms with Crippen LogP contribution in [0.4, 0.5) is 11.4 Å². The molecular weight excluding hydrogens is 272 g/mol. The van der Waals surface area contributed by atoms with E-state index < -0.39 is 4.92 Å². The van der Waals surface area contributed by atoms with Crippen LogP contribution in [0.1, 0.15) is 18.5 Å². The van der Waals surface area contributed by atoms with E-state index in [1.807, 2.05) is 23.8 Å². The Bertz CT molecular complexity index is 557. The van der Waals surface area contributed by atoms with Crippen molar-refractivity contribution in [2.75, 3.05) is 5.32 Å². The van der Waals surface area contributed by atoms with Crippen molar-refractivity contribution < 1.29 is 4.92 Å². The summed E-state index contributed by atoms with van der Waals surface area (Å²) in [5, 5.41) is 18.2. The normalized spacial score (nSPS) is 12.1. The molecule has 0 aliphatic rings. The summed E-state index contributed by atoms with van der Waals surface area (Å²) in [7, 11) is 0. The fourth-order valence-electron chi connectivity index (χ4n) is 1.66. The number of nitrogens with zero attached hydrogens (tertiary/aromatic N) is 1. The molecule has 0 aliphatic heterocycles. The van der Waals surface area contributed by atoms with Gasteiger partial charge < -0.3 is 5.32 Å². The summed E-state index contributed by atoms with van der Waals surface area (Å²) < 4.78 is 0. The highest BCUT2D eigenvalue weighted by Gasteiger charge is 2.19. The lowest BCUT2D eigenvalue weighted by Gasteiger charge is -2.14. The smallest absolute Gasteiger partial charge is 0.310 e. The van der Waals surface area contributed by atoms with E-state index in [4.69, 9.17) is 11.6 Å². The average molecular weight is 283 g/mol. The van der Waals surface area contributed by atoms with Gasteiger partial charge in [0.15, 0.2) is 0 Å². The molecule has 94 valence electrons. The first-order valence-corrected chi connectivity index (χ1v) is 6.63. The van der Waals surface area contributed by atoms with E-state index in [0.29, 0.717) is 5.69 Å². The van der Waals surface area contributed by atoms with Gasteiger partial charge in [-0.2, -0.15) is 11.3 Å². The zero-order valence-corrected chi connectivity index (χ0v) is 11.2. The summed E-state index contributed by atoms with van der Waals surface area (Å²) in [6, 6.07) is 6.84. The van der Waals surface area contributed by atoms with E-state index in [-0.39, 0.29) is 16.8 Å². The third kappa shape index (κ3) is 2.63. The maximum atomic E-state index is 11.0. The van der Waals surface area contributed by atoms with Crippen molar-refractivity contribution >= 4 is 34.3 Å². The number of thiophene rings is 1. The Hall–Kier alpha value is -1.59. The van der Waals surface area contributed by atoms with Gasteiger partial charge in [0.2, 0.25) is 0 Å². The number of benzene rings is 1. The Labute approximate surface area is 113 Å². The number of nitro benzene ring substituents is 1. The molecule has 18 heavy (non-hydrogen) atoms. The highest BCUT2D eigenvalue weighted by Crippen LogP contribution is 2.34. The Balaban J connectivity index is 2.29. The minimum Gasteiger partial charge on any atom is -0.373 e. The molecule has 1 aromatic carbocycles. The van der Waals surface area contributed by atoms with E-state index in [2.05, 4.69) is 5.32 Å². The molecule has 0 amide bonds. The van der Waals surface area contributed by atoms with Gasteiger partial charge in [-0.15, -0.1) is 0 Å². The number of hydrogen-bond donors (Lipinski definition) is 1. The van der Waals surface area contributed by atoms with Crippen molar-refractivity contribution in [2.45, 2.75) is 13.0 Å². The molecule has 4 nitrogen and oxygen atoms in total. The number of hydrogen-bond acceptors (Lipinski definition) is 4. The zero-order valence-electron chi connectivity index (χ0n) is 9.59. The Morgan fingerprint density at radius 3 is 2.83 bits per heavy atom. The molecule has 2 aromatic rings. The van der Waals surface area contributed by atoms with Gasteiger partial charge in [0.25, 0.3) is 0 Å². The number of nitro groups is 1. The summed E-state index contributed by atoms with van der Waals surface area (Å²) in [6.07, 6.45) is 0. The molecule has 0 fully saturated rings. The lowest BCUT2D eigenvalue weighted by atomic mass is 10.1. The van der Waals surface area contributed by atoms with Crippen LogP contribution in [-0.2, 0) is 0 Å². The van der Waals surface area contributed by atoms with Crippen LogP contribution in [0.2, 0.25) is 5.02 Å². The predicted molar refractivity (Wildman–Crippen MR) is 74.5 cm³/mol. The molecule has 1 atom stereocenters. The molecule has 1 aromatic heterocycles. The summed E-state index contributed by atoms with van der Waals surface area (Å²) in [6.45, 7) is 1.95. The molecule has 1 N–H and O–H groups in total. The van der Waals surface area contributed by atoms with Crippen LogP contribution < -0.4 is 5.32 Å². The summed E-state index contributed by atoms with van der Waals surface area (Å²) in [4.78, 5) is 10.5. The second-order valence-electron chi connectivity index (χ2n) is 3.82. The van der Waals surface area contributed by atoms with Crippen LogP contribution in [0.15, 0.2) is 35.0 Å². The number of nitrogens with one attached hydrogen (secondary N) is 1. The van der Waals surface area contributed by atoms with Gasteiger partial charge >= 0.3 is 5.69 Å². The van der Waals surface area contributed by atoms with Crippen LogP contribution >= 0.6 is 22.9 Å². The van der Waals surface area contributed by atoms with Crippen molar-refractivity contribution in [3.63, 3.8) is 0 Å². The fourth-order valence-corrected chi connectivity index (χ4v) is 2.65. The minimum absolute atomic E-state index is 0.00610. The first-order valence-electron chi connectivity index (χ1n) is 5.31. The van der Waals surface area contributed by atoms with Gasteiger partial charge in [-0.3, -0.25) is 10.1 Å². The van der Waals surface area contributed by atoms with E-state index >= 15 is 0 Å². The molecule has 0 aliphatic carbocycles. The molecule has 0 radical (unpaired) electrons. The van der Waals surface area contributed by atoms with Gasteiger partial charge in [0.1, 0.15) is 10.7 Å². The topological polar surface area (TPSA) is 55.2 Å². The van der Waals surface area contributed by atoms with E-state index in [9.17, 15) is 10.1 Å². The van der Waals surface area contributed by atoms with E-state index in [1.165, 1.54) is 6.07 Å². The third-order valence-corrected chi connectivity index (χ3v) is 3.59. The van der Waals surface area contributed by atoms with Crippen LogP contribution in [0.25, 0.3) is 0 Å². The molecule has 0 saturated carbocycles. The SMILES string of the molecule is CC(Nc1cccc(Cl)c1[N+](=O)[O-])c1ccsc1. The number of para-hydroxylation sites is 1. The first-order chi connectivity index (χ1) is 8.59. The predicted octanol–water partition coefficient (Wildman–Crippen LogP) is 4.48. The summed E-state index contributed by atoms with van der Waals surface area (Å²) in [5.74, 6) is 0. The number of anilines is 1. The second-order valence-corrected chi connectivity index (χ2v) is 5.00. The minimum atomic E-state index is -0.467. The summed E-state index contributed by atoms with van der Waals surface area (Å²) >= 11 is 7.45. The summed E-state index contributed by atoms with van der Waals surface area (Å²) in [5.41, 5.74) is 1.45. The van der Waals surface area contributed by atoms with Gasteiger partial charge in [-0.25, -0.2) is 0 Å². The fraction of sp³-hybridized carbons (Fsp3) is 0.167. The van der Waals surface area contributed by atoms with Crippen LogP contribution in [-0.4, -0.2) is 4.92 Å². The average Bonchev–Trinajstić information content (AvgIpc) is 2.81. The quantitative estimate of drug-likeness (QED) is 0.664. The van der Waals surface area contributed by atoms with E-state index in [1.54, 1.807) is 23.5 Å². The molecule has 1 unspecified atom stereocenters. The lowest BCUT2D eigenvalue weighted by Crippen LogP contribution is -2.07. The Morgan fingerprint density at radius 2 is 2.22 bits per heavy atom. The Morgan fingerprint density at radius 1 is 1.44 bits per heavy atom. The largest absolute Gasteiger partial charge is 0.373 e. The highest BCUT2D eigenvalue weighted by atomic mass is 35.5. The zero-order chi connectivity index (χ0) is 13.1. The Kier molecular flexibility index (Phi) is 3.84. The number of rotatable bonds is 4. The van der Waals surface area contributed by atoms with E-state index in [0.717, 1.165) is 5.56 Å². The molecule has 0 spiro atoms. The molecule has 1 heterocycles. The first kappa shape index (κ1) is 12.9. The van der Waals surface area contributed by atoms with Gasteiger partial charge in [-0.1, -0.05) is 17.7 Å². The maximum Gasteiger partial charge on any atom is 0.310 e. The standard InChI is InChI=1S/C12H11ClN2O2S/c1-8(9-5-6-18-7-9)14-11-4-2-3-10(13)12(11)15(16)17/h2-8,14H,1H3. The van der Waals surface area contributed by atoms with Crippen LogP contribution in [0, 0.1) is 10.1 Å². The van der Waals surface area contributed by atoms with Crippen molar-refractivity contribution in [2.24, 2.45) is 0 Å². The van der Waals surface area contributed by atoms with Crippen molar-refractivity contribution in [3.8, 4) is 0 Å². The van der Waals surface area contributed by atoms with Crippen molar-refractivity contribution in [1.29, 1.82) is 0 Å². The molecular formula is C12H11ClN2O2S. The third-order valence-electron chi connectivity index (χ3n) is 2.58. The van der Waals surface area contributed by atoms with Gasteiger partial charge in [0.05, 0.1) is 4.92 Å².